The van der Waals surface area contributed by atoms with Crippen molar-refractivity contribution < 1.29 is 0 Å². The average Bonchev–Trinajstić information content (AvgIpc) is 2.57. The number of fused-ring (bicyclic) bond motifs is 1. The number of aromatic nitrogens is 2. The maximum atomic E-state index is 11.0. The first kappa shape index (κ1) is 9.88. The van der Waals surface area contributed by atoms with Crippen LogP contribution in [-0.2, 0) is 0 Å². The summed E-state index contributed by atoms with van der Waals surface area (Å²) in [5.41, 5.74) is 2.25. The van der Waals surface area contributed by atoms with Crippen LogP contribution in [0, 0.1) is 11.8 Å². The van der Waals surface area contributed by atoms with Gasteiger partial charge in [-0.05, 0) is 18.2 Å². The summed E-state index contributed by atoms with van der Waals surface area (Å²) < 4.78 is 0. The average molecular weight is 221 g/mol. The Morgan fingerprint density at radius 1 is 1.27 bits per heavy atom. The molecule has 1 aromatic heterocycles. The van der Waals surface area contributed by atoms with Gasteiger partial charge in [-0.2, -0.15) is 0 Å². The van der Waals surface area contributed by atoms with Crippen LogP contribution in [0.4, 0.5) is 0 Å². The minimum Gasteiger partial charge on any atom is -0.306 e. The molecule has 0 unspecified atom stereocenters. The van der Waals surface area contributed by atoms with Gasteiger partial charge in [0.1, 0.15) is 0 Å². The van der Waals surface area contributed by atoms with Gasteiger partial charge < -0.3 is 9.97 Å². The molecule has 0 aliphatic rings. The molecule has 0 atom stereocenters. The van der Waals surface area contributed by atoms with Crippen LogP contribution in [0.3, 0.4) is 0 Å². The number of hydrogen-bond acceptors (Lipinski definition) is 1. The molecule has 0 aliphatic carbocycles. The molecule has 0 aliphatic heterocycles. The van der Waals surface area contributed by atoms with Gasteiger partial charge in [0.15, 0.2) is 0 Å². The highest BCUT2D eigenvalue weighted by molar-refractivity contribution is 6.18. The highest BCUT2D eigenvalue weighted by atomic mass is 35.5. The molecule has 0 radical (unpaired) electrons. The SMILES string of the molecule is O=c1[nH]c2ccc(C#CCCCl)cc2[nH]1. The number of alkyl halides is 1. The minimum absolute atomic E-state index is 0.198. The fraction of sp³-hybridized carbons (Fsp3) is 0.182. The third-order valence-corrected chi connectivity index (χ3v) is 2.16. The molecular weight excluding hydrogens is 212 g/mol. The van der Waals surface area contributed by atoms with E-state index in [2.05, 4.69) is 21.8 Å². The molecule has 2 N–H and O–H groups in total. The van der Waals surface area contributed by atoms with Crippen molar-refractivity contribution in [1.82, 2.24) is 9.97 Å². The summed E-state index contributed by atoms with van der Waals surface area (Å²) in [6, 6.07) is 5.54. The largest absolute Gasteiger partial charge is 0.323 e. The van der Waals surface area contributed by atoms with Crippen LogP contribution in [0.15, 0.2) is 23.0 Å². The molecule has 4 heteroatoms. The monoisotopic (exact) mass is 220 g/mol. The Hall–Kier alpha value is -1.66. The molecule has 2 rings (SSSR count). The fourth-order valence-corrected chi connectivity index (χ4v) is 1.42. The number of rotatable bonds is 1. The maximum Gasteiger partial charge on any atom is 0.323 e. The summed E-state index contributed by atoms with van der Waals surface area (Å²) >= 11 is 5.51. The van der Waals surface area contributed by atoms with Crippen LogP contribution in [0.1, 0.15) is 12.0 Å². The number of imidazole rings is 1. The smallest absolute Gasteiger partial charge is 0.306 e. The zero-order chi connectivity index (χ0) is 10.7. The zero-order valence-electron chi connectivity index (χ0n) is 7.93. The van der Waals surface area contributed by atoms with E-state index in [1.54, 1.807) is 0 Å². The normalized spacial score (nSPS) is 9.93. The standard InChI is InChI=1S/C11H9ClN2O/c12-6-2-1-3-8-4-5-9-10(7-8)14-11(15)13-9/h4-5,7H,2,6H2,(H2,13,14,15). The first-order chi connectivity index (χ1) is 7.29. The third-order valence-electron chi connectivity index (χ3n) is 1.97. The van der Waals surface area contributed by atoms with E-state index in [0.29, 0.717) is 12.3 Å². The first-order valence-corrected chi connectivity index (χ1v) is 5.10. The molecule has 15 heavy (non-hydrogen) atoms. The predicted octanol–water partition coefficient (Wildman–Crippen LogP) is 1.84. The summed E-state index contributed by atoms with van der Waals surface area (Å²) in [5, 5.41) is 0. The van der Waals surface area contributed by atoms with Gasteiger partial charge in [-0.15, -0.1) is 11.6 Å². The predicted molar refractivity (Wildman–Crippen MR) is 61.1 cm³/mol. The van der Waals surface area contributed by atoms with Crippen molar-refractivity contribution >= 4 is 22.6 Å². The summed E-state index contributed by atoms with van der Waals surface area (Å²) in [6.07, 6.45) is 0.670. The van der Waals surface area contributed by atoms with Gasteiger partial charge in [0, 0.05) is 17.9 Å². The Morgan fingerprint density at radius 3 is 2.87 bits per heavy atom. The van der Waals surface area contributed by atoms with E-state index in [0.717, 1.165) is 16.6 Å². The van der Waals surface area contributed by atoms with Crippen LogP contribution >= 0.6 is 11.6 Å². The highest BCUT2D eigenvalue weighted by Gasteiger charge is 1.97. The summed E-state index contributed by atoms with van der Waals surface area (Å²) in [4.78, 5) is 16.4. The van der Waals surface area contributed by atoms with Crippen molar-refractivity contribution in [2.24, 2.45) is 0 Å². The molecule has 0 fully saturated rings. The van der Waals surface area contributed by atoms with Gasteiger partial charge in [0.2, 0.25) is 0 Å². The van der Waals surface area contributed by atoms with Crippen LogP contribution in [0.25, 0.3) is 11.0 Å². The van der Waals surface area contributed by atoms with Gasteiger partial charge in [-0.3, -0.25) is 0 Å². The lowest BCUT2D eigenvalue weighted by molar-refractivity contribution is 1.21. The topological polar surface area (TPSA) is 48.6 Å². The van der Waals surface area contributed by atoms with Crippen molar-refractivity contribution in [3.05, 3.63) is 34.2 Å². The molecule has 0 saturated heterocycles. The van der Waals surface area contributed by atoms with E-state index >= 15 is 0 Å². The molecule has 0 amide bonds. The molecule has 0 saturated carbocycles. The molecule has 1 aromatic carbocycles. The second-order valence-corrected chi connectivity index (χ2v) is 3.46. The van der Waals surface area contributed by atoms with Crippen LogP contribution in [-0.4, -0.2) is 15.8 Å². The Morgan fingerprint density at radius 2 is 2.07 bits per heavy atom. The number of nitrogens with one attached hydrogen (secondary N) is 2. The summed E-state index contributed by atoms with van der Waals surface area (Å²) in [6.45, 7) is 0. The van der Waals surface area contributed by atoms with E-state index in [-0.39, 0.29) is 5.69 Å². The molecule has 2 aromatic rings. The number of H-pyrrole nitrogens is 2. The van der Waals surface area contributed by atoms with Crippen molar-refractivity contribution in [2.45, 2.75) is 6.42 Å². The van der Waals surface area contributed by atoms with Crippen molar-refractivity contribution in [3.63, 3.8) is 0 Å². The number of halogens is 1. The molecule has 0 spiro atoms. The molecular formula is C11H9ClN2O. The van der Waals surface area contributed by atoms with E-state index in [1.807, 2.05) is 18.2 Å². The van der Waals surface area contributed by atoms with Crippen molar-refractivity contribution in [2.75, 3.05) is 5.88 Å². The quantitative estimate of drug-likeness (QED) is 0.559. The third kappa shape index (κ3) is 2.23. The second kappa shape index (κ2) is 4.24. The van der Waals surface area contributed by atoms with Crippen LogP contribution < -0.4 is 5.69 Å². The van der Waals surface area contributed by atoms with E-state index in [4.69, 9.17) is 11.6 Å². The summed E-state index contributed by atoms with van der Waals surface area (Å²) in [5.74, 6) is 6.45. The van der Waals surface area contributed by atoms with Crippen LogP contribution in [0.2, 0.25) is 0 Å². The molecule has 76 valence electrons. The highest BCUT2D eigenvalue weighted by Crippen LogP contribution is 2.08. The molecule has 1 heterocycles. The second-order valence-electron chi connectivity index (χ2n) is 3.08. The van der Waals surface area contributed by atoms with E-state index in [9.17, 15) is 4.79 Å². The Bertz CT molecular complexity index is 586. The Labute approximate surface area is 91.5 Å². The lowest BCUT2D eigenvalue weighted by atomic mass is 10.2. The van der Waals surface area contributed by atoms with Gasteiger partial charge in [-0.1, -0.05) is 11.8 Å². The fourth-order valence-electron chi connectivity index (χ4n) is 1.32. The van der Waals surface area contributed by atoms with Gasteiger partial charge in [-0.25, -0.2) is 4.79 Å². The lowest BCUT2D eigenvalue weighted by Crippen LogP contribution is -1.99. The van der Waals surface area contributed by atoms with Crippen molar-refractivity contribution in [1.29, 1.82) is 0 Å². The Balaban J connectivity index is 2.39. The molecule has 0 bridgehead atoms. The van der Waals surface area contributed by atoms with Gasteiger partial charge >= 0.3 is 5.69 Å². The number of hydrogen-bond donors (Lipinski definition) is 2. The minimum atomic E-state index is -0.198. The first-order valence-electron chi connectivity index (χ1n) is 4.56. The Kier molecular flexibility index (Phi) is 2.79. The zero-order valence-corrected chi connectivity index (χ0v) is 8.69. The van der Waals surface area contributed by atoms with Crippen LogP contribution in [0.5, 0.6) is 0 Å². The number of benzene rings is 1. The van der Waals surface area contributed by atoms with Crippen molar-refractivity contribution in [3.8, 4) is 11.8 Å². The van der Waals surface area contributed by atoms with E-state index in [1.165, 1.54) is 0 Å². The number of aromatic amines is 2. The maximum absolute atomic E-state index is 11.0. The van der Waals surface area contributed by atoms with Gasteiger partial charge in [0.25, 0.3) is 0 Å². The summed E-state index contributed by atoms with van der Waals surface area (Å²) in [7, 11) is 0. The van der Waals surface area contributed by atoms with Gasteiger partial charge in [0.05, 0.1) is 11.0 Å². The molecule has 3 nitrogen and oxygen atoms in total. The van der Waals surface area contributed by atoms with E-state index < -0.39 is 0 Å². The lowest BCUT2D eigenvalue weighted by Gasteiger charge is -1.90.